The Kier molecular flexibility index (Phi) is 1.31. The molecule has 0 N–H and O–H groups in total. The smallest absolute Gasteiger partial charge is 0.199 e. The van der Waals surface area contributed by atoms with Gasteiger partial charge in [-0.15, -0.1) is 0 Å². The van der Waals surface area contributed by atoms with Crippen LogP contribution in [0.5, 0.6) is 0 Å². The number of nitrogens with zero attached hydrogens (tertiary/aromatic N) is 4. The summed E-state index contributed by atoms with van der Waals surface area (Å²) >= 11 is 0. The quantitative estimate of drug-likeness (QED) is 0.602. The molecule has 4 nitrogen and oxygen atoms in total. The molecule has 0 aromatic carbocycles. The lowest BCUT2D eigenvalue weighted by Crippen LogP contribution is -1.92. The first-order valence-electron chi connectivity index (χ1n) is 3.54. The Labute approximate surface area is 63.9 Å². The Balaban J connectivity index is 2.69. The molecule has 0 saturated carbocycles. The highest BCUT2D eigenvalue weighted by Crippen LogP contribution is 2.03. The molecule has 0 spiro atoms. The maximum atomic E-state index is 4.17. The summed E-state index contributed by atoms with van der Waals surface area (Å²) < 4.78 is 1.82. The Morgan fingerprint density at radius 1 is 1.36 bits per heavy atom. The van der Waals surface area contributed by atoms with Crippen molar-refractivity contribution in [3.63, 3.8) is 0 Å². The van der Waals surface area contributed by atoms with Crippen LogP contribution in [0, 0.1) is 0 Å². The van der Waals surface area contributed by atoms with Crippen molar-refractivity contribution in [3.05, 3.63) is 18.6 Å². The minimum atomic E-state index is 0.717. The molecular weight excluding hydrogens is 140 g/mol. The number of aromatic nitrogens is 4. The fraction of sp³-hybridized carbons (Fsp3) is 0.286. The number of rotatable bonds is 1. The van der Waals surface area contributed by atoms with Gasteiger partial charge >= 0.3 is 0 Å². The topological polar surface area (TPSA) is 43.6 Å². The first-order chi connectivity index (χ1) is 5.40. The molecule has 2 rings (SSSR count). The van der Waals surface area contributed by atoms with Crippen LogP contribution >= 0.6 is 0 Å². The van der Waals surface area contributed by atoms with Gasteiger partial charge in [0.15, 0.2) is 5.65 Å². The molecule has 2 aromatic heterocycles. The summed E-state index contributed by atoms with van der Waals surface area (Å²) in [5.74, 6) is 0. The van der Waals surface area contributed by atoms with E-state index in [1.165, 1.54) is 0 Å². The van der Waals surface area contributed by atoms with E-state index in [0.29, 0.717) is 5.65 Å². The maximum absolute atomic E-state index is 4.17. The van der Waals surface area contributed by atoms with Crippen molar-refractivity contribution in [3.8, 4) is 0 Å². The second kappa shape index (κ2) is 2.30. The van der Waals surface area contributed by atoms with E-state index in [4.69, 9.17) is 0 Å². The zero-order chi connectivity index (χ0) is 7.68. The summed E-state index contributed by atoms with van der Waals surface area (Å²) in [6.07, 6.45) is 5.21. The molecule has 2 heterocycles. The summed E-state index contributed by atoms with van der Waals surface area (Å²) in [4.78, 5) is 8.16. The van der Waals surface area contributed by atoms with Gasteiger partial charge in [0, 0.05) is 18.9 Å². The molecule has 0 atom stereocenters. The normalized spacial score (nSPS) is 10.6. The number of fused-ring (bicyclic) bond motifs is 1. The molecule has 11 heavy (non-hydrogen) atoms. The number of hydrogen-bond acceptors (Lipinski definition) is 3. The predicted octanol–water partition coefficient (Wildman–Crippen LogP) is 0.846. The zero-order valence-electron chi connectivity index (χ0n) is 6.23. The van der Waals surface area contributed by atoms with E-state index in [2.05, 4.69) is 15.1 Å². The Bertz CT molecular complexity index is 332. The van der Waals surface area contributed by atoms with Crippen LogP contribution < -0.4 is 0 Å². The zero-order valence-corrected chi connectivity index (χ0v) is 6.23. The molecular formula is C7H8N4. The molecule has 0 radical (unpaired) electrons. The van der Waals surface area contributed by atoms with Gasteiger partial charge in [-0.25, -0.2) is 9.97 Å². The second-order valence-electron chi connectivity index (χ2n) is 2.25. The minimum Gasteiger partial charge on any atom is -0.269 e. The van der Waals surface area contributed by atoms with Gasteiger partial charge in [0.2, 0.25) is 0 Å². The van der Waals surface area contributed by atoms with Crippen LogP contribution in [0.1, 0.15) is 6.92 Å². The summed E-state index contributed by atoms with van der Waals surface area (Å²) in [6, 6.07) is 0. The van der Waals surface area contributed by atoms with Gasteiger partial charge in [0.1, 0.15) is 5.52 Å². The fourth-order valence-corrected chi connectivity index (χ4v) is 0.963. The lowest BCUT2D eigenvalue weighted by atomic mass is 10.6. The second-order valence-corrected chi connectivity index (χ2v) is 2.25. The molecule has 0 amide bonds. The lowest BCUT2D eigenvalue weighted by molar-refractivity contribution is 0.665. The van der Waals surface area contributed by atoms with Crippen LogP contribution in [0.4, 0.5) is 0 Å². The van der Waals surface area contributed by atoms with E-state index < -0.39 is 0 Å². The van der Waals surface area contributed by atoms with Crippen LogP contribution in [0.25, 0.3) is 11.2 Å². The van der Waals surface area contributed by atoms with Gasteiger partial charge in [-0.2, -0.15) is 5.10 Å². The molecule has 56 valence electrons. The van der Waals surface area contributed by atoms with Crippen molar-refractivity contribution in [2.45, 2.75) is 13.5 Å². The standard InChI is InChI=1S/C7H8N4/c1-2-11-5-6-7(10-11)9-4-3-8-6/h3-5H,2H2,1H3. The van der Waals surface area contributed by atoms with Crippen LogP contribution in [0.15, 0.2) is 18.6 Å². The largest absolute Gasteiger partial charge is 0.269 e. The molecule has 0 aliphatic heterocycles. The van der Waals surface area contributed by atoms with Crippen LogP contribution in [0.2, 0.25) is 0 Å². The molecule has 0 aliphatic carbocycles. The average Bonchev–Trinajstić information content (AvgIpc) is 2.46. The molecule has 0 saturated heterocycles. The highest BCUT2D eigenvalue weighted by atomic mass is 15.3. The molecule has 0 fully saturated rings. The van der Waals surface area contributed by atoms with Gasteiger partial charge < -0.3 is 0 Å². The van der Waals surface area contributed by atoms with Crippen LogP contribution in [0.3, 0.4) is 0 Å². The van der Waals surface area contributed by atoms with Crippen molar-refractivity contribution in [1.29, 1.82) is 0 Å². The summed E-state index contributed by atoms with van der Waals surface area (Å²) in [5.41, 5.74) is 1.57. The maximum Gasteiger partial charge on any atom is 0.199 e. The highest BCUT2D eigenvalue weighted by Gasteiger charge is 1.98. The van der Waals surface area contributed by atoms with Crippen LogP contribution in [-0.2, 0) is 6.54 Å². The predicted molar refractivity (Wildman–Crippen MR) is 41.0 cm³/mol. The van der Waals surface area contributed by atoms with Gasteiger partial charge in [0.05, 0.1) is 6.20 Å². The van der Waals surface area contributed by atoms with Crippen molar-refractivity contribution >= 4 is 11.2 Å². The minimum absolute atomic E-state index is 0.717. The third kappa shape index (κ3) is 0.960. The molecule has 2 aromatic rings. The van der Waals surface area contributed by atoms with Crippen molar-refractivity contribution < 1.29 is 0 Å². The van der Waals surface area contributed by atoms with Crippen molar-refractivity contribution in [2.75, 3.05) is 0 Å². The number of aryl methyl sites for hydroxylation is 1. The SMILES string of the molecule is CCn1cc2nccnc2n1. The lowest BCUT2D eigenvalue weighted by Gasteiger charge is -1.87. The molecule has 0 unspecified atom stereocenters. The van der Waals surface area contributed by atoms with E-state index in [9.17, 15) is 0 Å². The monoisotopic (exact) mass is 148 g/mol. The van der Waals surface area contributed by atoms with E-state index in [1.807, 2.05) is 17.8 Å². The fourth-order valence-electron chi connectivity index (χ4n) is 0.963. The Morgan fingerprint density at radius 2 is 2.18 bits per heavy atom. The van der Waals surface area contributed by atoms with E-state index >= 15 is 0 Å². The Morgan fingerprint density at radius 3 is 2.91 bits per heavy atom. The summed E-state index contributed by atoms with van der Waals surface area (Å²) in [7, 11) is 0. The highest BCUT2D eigenvalue weighted by molar-refractivity contribution is 5.67. The molecule has 0 aliphatic rings. The van der Waals surface area contributed by atoms with Gasteiger partial charge in [-0.1, -0.05) is 0 Å². The molecule has 0 bridgehead atoms. The van der Waals surface area contributed by atoms with Crippen molar-refractivity contribution in [2.24, 2.45) is 0 Å². The van der Waals surface area contributed by atoms with Crippen LogP contribution in [-0.4, -0.2) is 19.7 Å². The van der Waals surface area contributed by atoms with Gasteiger partial charge in [0.25, 0.3) is 0 Å². The molecule has 4 heteroatoms. The van der Waals surface area contributed by atoms with E-state index in [0.717, 1.165) is 12.1 Å². The summed E-state index contributed by atoms with van der Waals surface area (Å²) in [5, 5.41) is 4.17. The van der Waals surface area contributed by atoms with Gasteiger partial charge in [-0.05, 0) is 6.92 Å². The third-order valence-electron chi connectivity index (χ3n) is 1.52. The third-order valence-corrected chi connectivity index (χ3v) is 1.52. The first-order valence-corrected chi connectivity index (χ1v) is 3.54. The first kappa shape index (κ1) is 6.27. The van der Waals surface area contributed by atoms with E-state index in [-0.39, 0.29) is 0 Å². The van der Waals surface area contributed by atoms with Crippen molar-refractivity contribution in [1.82, 2.24) is 19.7 Å². The van der Waals surface area contributed by atoms with E-state index in [1.54, 1.807) is 12.4 Å². The Hall–Kier alpha value is -1.45. The average molecular weight is 148 g/mol. The van der Waals surface area contributed by atoms with Gasteiger partial charge in [-0.3, -0.25) is 4.68 Å². The summed E-state index contributed by atoms with van der Waals surface area (Å²) in [6.45, 7) is 2.89. The number of hydrogen-bond donors (Lipinski definition) is 0.